The molecule has 3 rings (SSSR count). The van der Waals surface area contributed by atoms with Gasteiger partial charge in [-0.1, -0.05) is 29.8 Å². The smallest absolute Gasteiger partial charge is 0.262 e. The Hall–Kier alpha value is -4.04. The minimum absolute atomic E-state index is 0.0973. The largest absolute Gasteiger partial charge is 0.493 e. The minimum Gasteiger partial charge on any atom is -0.493 e. The van der Waals surface area contributed by atoms with E-state index in [1.165, 1.54) is 25.3 Å². The Kier molecular flexibility index (Phi) is 7.88. The fraction of sp³-hybridized carbons (Fsp3) is 0.0833. The highest BCUT2D eigenvalue weighted by molar-refractivity contribution is 6.31. The van der Waals surface area contributed by atoms with Crippen molar-refractivity contribution in [3.05, 3.63) is 83.1 Å². The zero-order chi connectivity index (χ0) is 23.8. The maximum atomic E-state index is 13.2. The number of para-hydroxylation sites is 2. The van der Waals surface area contributed by atoms with E-state index in [0.717, 1.165) is 6.07 Å². The standard InChI is InChI=1S/C24H21ClFN3O4/c1-32-22-12-15(7-11-23(30)29-20-5-3-2-4-19(20)27)6-10-21(22)33-14-24(31)28-16-8-9-18(26)17(25)13-16/h2-13H,14,27H2,1H3,(H,28,31)(H,29,30)/b11-7+. The maximum absolute atomic E-state index is 13.2. The molecule has 0 aromatic heterocycles. The van der Waals surface area contributed by atoms with Gasteiger partial charge in [0, 0.05) is 11.8 Å². The average molecular weight is 470 g/mol. The Morgan fingerprint density at radius 2 is 1.85 bits per heavy atom. The molecule has 0 aliphatic heterocycles. The quantitative estimate of drug-likeness (QED) is 0.326. The Morgan fingerprint density at radius 1 is 1.06 bits per heavy atom. The van der Waals surface area contributed by atoms with Crippen LogP contribution in [0.2, 0.25) is 5.02 Å². The number of rotatable bonds is 8. The molecule has 170 valence electrons. The van der Waals surface area contributed by atoms with Crippen LogP contribution in [0.3, 0.4) is 0 Å². The van der Waals surface area contributed by atoms with Crippen LogP contribution in [0.1, 0.15) is 5.56 Å². The number of benzene rings is 3. The fourth-order valence-electron chi connectivity index (χ4n) is 2.78. The Labute approximate surface area is 195 Å². The molecule has 0 radical (unpaired) electrons. The van der Waals surface area contributed by atoms with E-state index >= 15 is 0 Å². The molecule has 0 bridgehead atoms. The highest BCUT2D eigenvalue weighted by Gasteiger charge is 2.10. The fourth-order valence-corrected chi connectivity index (χ4v) is 2.96. The molecule has 0 aliphatic carbocycles. The van der Waals surface area contributed by atoms with Gasteiger partial charge in [0.2, 0.25) is 5.91 Å². The molecule has 0 unspecified atom stereocenters. The van der Waals surface area contributed by atoms with E-state index in [1.807, 2.05) is 0 Å². The number of hydrogen-bond donors (Lipinski definition) is 3. The molecular weight excluding hydrogens is 449 g/mol. The number of halogens is 2. The molecule has 33 heavy (non-hydrogen) atoms. The lowest BCUT2D eigenvalue weighted by Gasteiger charge is -2.12. The van der Waals surface area contributed by atoms with E-state index in [-0.39, 0.29) is 17.5 Å². The summed E-state index contributed by atoms with van der Waals surface area (Å²) in [6.45, 7) is -0.304. The number of nitrogens with two attached hydrogens (primary N) is 1. The zero-order valence-corrected chi connectivity index (χ0v) is 18.4. The van der Waals surface area contributed by atoms with Crippen LogP contribution in [-0.4, -0.2) is 25.5 Å². The first-order chi connectivity index (χ1) is 15.9. The van der Waals surface area contributed by atoms with Gasteiger partial charge in [0.15, 0.2) is 18.1 Å². The van der Waals surface area contributed by atoms with Gasteiger partial charge < -0.3 is 25.8 Å². The number of anilines is 3. The number of amides is 2. The summed E-state index contributed by atoms with van der Waals surface area (Å²) in [5.41, 5.74) is 7.83. The van der Waals surface area contributed by atoms with Gasteiger partial charge in [-0.25, -0.2) is 4.39 Å². The minimum atomic E-state index is -0.577. The van der Waals surface area contributed by atoms with Crippen LogP contribution in [0, 0.1) is 5.82 Å². The van der Waals surface area contributed by atoms with E-state index in [1.54, 1.807) is 48.5 Å². The van der Waals surface area contributed by atoms with Crippen molar-refractivity contribution in [3.8, 4) is 11.5 Å². The average Bonchev–Trinajstić information content (AvgIpc) is 2.80. The summed E-state index contributed by atoms with van der Waals surface area (Å²) < 4.78 is 24.1. The molecule has 0 aliphatic rings. The predicted octanol–water partition coefficient (Wildman–Crippen LogP) is 4.74. The molecule has 0 saturated carbocycles. The van der Waals surface area contributed by atoms with Crippen LogP contribution in [0.15, 0.2) is 66.7 Å². The van der Waals surface area contributed by atoms with Crippen molar-refractivity contribution >= 4 is 46.6 Å². The number of nitrogens with one attached hydrogen (secondary N) is 2. The normalized spacial score (nSPS) is 10.6. The molecule has 9 heteroatoms. The predicted molar refractivity (Wildman–Crippen MR) is 127 cm³/mol. The third-order valence-corrected chi connectivity index (χ3v) is 4.69. The van der Waals surface area contributed by atoms with Gasteiger partial charge in [0.05, 0.1) is 23.5 Å². The topological polar surface area (TPSA) is 103 Å². The van der Waals surface area contributed by atoms with Gasteiger partial charge in [0.1, 0.15) is 5.82 Å². The number of ether oxygens (including phenoxy) is 2. The second-order valence-corrected chi connectivity index (χ2v) is 7.19. The van der Waals surface area contributed by atoms with E-state index in [4.69, 9.17) is 26.8 Å². The summed E-state index contributed by atoms with van der Waals surface area (Å²) in [6.07, 6.45) is 2.97. The van der Waals surface area contributed by atoms with E-state index in [9.17, 15) is 14.0 Å². The van der Waals surface area contributed by atoms with Crippen molar-refractivity contribution in [2.45, 2.75) is 0 Å². The van der Waals surface area contributed by atoms with Gasteiger partial charge >= 0.3 is 0 Å². The molecule has 2 amide bonds. The highest BCUT2D eigenvalue weighted by Crippen LogP contribution is 2.29. The maximum Gasteiger partial charge on any atom is 0.262 e. The number of carbonyl (C=O) groups excluding carboxylic acids is 2. The van der Waals surface area contributed by atoms with Crippen LogP contribution in [0.5, 0.6) is 11.5 Å². The molecular formula is C24H21ClFN3O4. The SMILES string of the molecule is COc1cc(/C=C/C(=O)Nc2ccccc2N)ccc1OCC(=O)Nc1ccc(F)c(Cl)c1. The Bertz CT molecular complexity index is 1200. The highest BCUT2D eigenvalue weighted by atomic mass is 35.5. The molecule has 0 spiro atoms. The monoisotopic (exact) mass is 469 g/mol. The van der Waals surface area contributed by atoms with Crippen molar-refractivity contribution in [2.24, 2.45) is 0 Å². The van der Waals surface area contributed by atoms with E-state index < -0.39 is 11.7 Å². The second kappa shape index (κ2) is 11.0. The van der Waals surface area contributed by atoms with E-state index in [0.29, 0.717) is 34.1 Å². The van der Waals surface area contributed by atoms with Crippen molar-refractivity contribution in [3.63, 3.8) is 0 Å². The third-order valence-electron chi connectivity index (χ3n) is 4.40. The van der Waals surface area contributed by atoms with Crippen molar-refractivity contribution in [1.82, 2.24) is 0 Å². The van der Waals surface area contributed by atoms with Gasteiger partial charge in [-0.15, -0.1) is 0 Å². The molecule has 3 aromatic rings. The lowest BCUT2D eigenvalue weighted by atomic mass is 10.2. The number of carbonyl (C=O) groups is 2. The number of hydrogen-bond acceptors (Lipinski definition) is 5. The van der Waals surface area contributed by atoms with Crippen LogP contribution in [-0.2, 0) is 9.59 Å². The van der Waals surface area contributed by atoms with Gasteiger partial charge in [0.25, 0.3) is 5.91 Å². The first-order valence-corrected chi connectivity index (χ1v) is 10.1. The third kappa shape index (κ3) is 6.72. The molecule has 3 aromatic carbocycles. The molecule has 0 atom stereocenters. The Balaban J connectivity index is 1.59. The second-order valence-electron chi connectivity index (χ2n) is 6.79. The molecule has 7 nitrogen and oxygen atoms in total. The number of methoxy groups -OCH3 is 1. The molecule has 0 heterocycles. The van der Waals surface area contributed by atoms with Gasteiger partial charge in [-0.3, -0.25) is 9.59 Å². The lowest BCUT2D eigenvalue weighted by molar-refractivity contribution is -0.118. The zero-order valence-electron chi connectivity index (χ0n) is 17.6. The van der Waals surface area contributed by atoms with Crippen LogP contribution in [0.4, 0.5) is 21.5 Å². The lowest BCUT2D eigenvalue weighted by Crippen LogP contribution is -2.20. The number of nitrogen functional groups attached to an aromatic ring is 1. The summed E-state index contributed by atoms with van der Waals surface area (Å²) in [7, 11) is 1.46. The summed E-state index contributed by atoms with van der Waals surface area (Å²) >= 11 is 5.71. The molecule has 0 fully saturated rings. The van der Waals surface area contributed by atoms with Crippen molar-refractivity contribution in [2.75, 3.05) is 30.1 Å². The summed E-state index contributed by atoms with van der Waals surface area (Å²) in [5.74, 6) is -0.664. The first kappa shape index (κ1) is 23.6. The van der Waals surface area contributed by atoms with E-state index in [2.05, 4.69) is 10.6 Å². The Morgan fingerprint density at radius 3 is 2.58 bits per heavy atom. The first-order valence-electron chi connectivity index (χ1n) is 9.75. The summed E-state index contributed by atoms with van der Waals surface area (Å²) in [4.78, 5) is 24.3. The van der Waals surface area contributed by atoms with Gasteiger partial charge in [-0.2, -0.15) is 0 Å². The van der Waals surface area contributed by atoms with Gasteiger partial charge in [-0.05, 0) is 54.1 Å². The van der Waals surface area contributed by atoms with Crippen LogP contribution in [0.25, 0.3) is 6.08 Å². The molecule has 0 saturated heterocycles. The van der Waals surface area contributed by atoms with Crippen LogP contribution >= 0.6 is 11.6 Å². The van der Waals surface area contributed by atoms with Crippen molar-refractivity contribution in [1.29, 1.82) is 0 Å². The summed E-state index contributed by atoms with van der Waals surface area (Å²) in [5, 5.41) is 5.17. The molecule has 4 N–H and O–H groups in total. The van der Waals surface area contributed by atoms with Crippen LogP contribution < -0.4 is 25.8 Å². The van der Waals surface area contributed by atoms with Crippen molar-refractivity contribution < 1.29 is 23.5 Å². The summed E-state index contributed by atoms with van der Waals surface area (Å²) in [6, 6.07) is 15.8.